The number of methoxy groups -OCH3 is 1. The molecule has 29 heavy (non-hydrogen) atoms. The van der Waals surface area contributed by atoms with Crippen molar-refractivity contribution in [2.45, 2.75) is 19.9 Å². The first kappa shape index (κ1) is 20.5. The first-order valence-electron chi connectivity index (χ1n) is 9.73. The van der Waals surface area contributed by atoms with Crippen LogP contribution < -0.4 is 5.32 Å². The van der Waals surface area contributed by atoms with Crippen molar-refractivity contribution in [3.8, 4) is 0 Å². The number of amides is 2. The number of carbonyl (C=O) groups excluding carboxylic acids is 2. The minimum atomic E-state index is -0.313. The SMILES string of the molecule is CCN(Cc1ccccc1)C(=O)c1nc(C(=O)NCCCOC)n2ccccc12. The van der Waals surface area contributed by atoms with E-state index >= 15 is 0 Å². The van der Waals surface area contributed by atoms with E-state index in [9.17, 15) is 9.59 Å². The number of fused-ring (bicyclic) bond motifs is 1. The fourth-order valence-corrected chi connectivity index (χ4v) is 3.13. The van der Waals surface area contributed by atoms with E-state index in [4.69, 9.17) is 4.74 Å². The van der Waals surface area contributed by atoms with Gasteiger partial charge in [-0.2, -0.15) is 0 Å². The number of hydrogen-bond acceptors (Lipinski definition) is 4. The molecule has 2 aromatic heterocycles. The topological polar surface area (TPSA) is 75.9 Å². The van der Waals surface area contributed by atoms with Gasteiger partial charge in [-0.25, -0.2) is 4.98 Å². The van der Waals surface area contributed by atoms with E-state index in [0.29, 0.717) is 38.2 Å². The second kappa shape index (κ2) is 9.84. The standard InChI is InChI=1S/C22H26N4O3/c1-3-25(16-17-10-5-4-6-11-17)22(28)19-18-12-7-8-14-26(18)20(24-19)21(27)23-13-9-15-29-2/h4-8,10-12,14H,3,9,13,15-16H2,1-2H3,(H,23,27). The minimum absolute atomic E-state index is 0.196. The van der Waals surface area contributed by atoms with Crippen molar-refractivity contribution >= 4 is 17.3 Å². The maximum absolute atomic E-state index is 13.2. The monoisotopic (exact) mass is 394 g/mol. The molecule has 0 saturated carbocycles. The lowest BCUT2D eigenvalue weighted by Gasteiger charge is -2.20. The molecule has 0 unspecified atom stereocenters. The Kier molecular flexibility index (Phi) is 6.97. The number of hydrogen-bond donors (Lipinski definition) is 1. The molecule has 0 aliphatic rings. The van der Waals surface area contributed by atoms with Crippen LogP contribution in [0, 0.1) is 0 Å². The molecule has 152 valence electrons. The van der Waals surface area contributed by atoms with Crippen molar-refractivity contribution in [1.82, 2.24) is 19.6 Å². The predicted octanol–water partition coefficient (Wildman–Crippen LogP) is 2.76. The molecule has 0 saturated heterocycles. The molecule has 0 fully saturated rings. The molecular weight excluding hydrogens is 368 g/mol. The normalized spacial score (nSPS) is 10.8. The smallest absolute Gasteiger partial charge is 0.287 e. The van der Waals surface area contributed by atoms with Gasteiger partial charge in [-0.15, -0.1) is 0 Å². The van der Waals surface area contributed by atoms with Crippen LogP contribution in [0.2, 0.25) is 0 Å². The first-order valence-corrected chi connectivity index (χ1v) is 9.73. The second-order valence-electron chi connectivity index (χ2n) is 6.65. The Hall–Kier alpha value is -3.19. The van der Waals surface area contributed by atoms with E-state index in [1.54, 1.807) is 28.7 Å². The van der Waals surface area contributed by atoms with Crippen molar-refractivity contribution in [3.05, 3.63) is 71.8 Å². The van der Waals surface area contributed by atoms with E-state index in [0.717, 1.165) is 5.56 Å². The van der Waals surface area contributed by atoms with Crippen LogP contribution in [0.3, 0.4) is 0 Å². The van der Waals surface area contributed by atoms with Gasteiger partial charge >= 0.3 is 0 Å². The van der Waals surface area contributed by atoms with Crippen molar-refractivity contribution in [2.75, 3.05) is 26.8 Å². The van der Waals surface area contributed by atoms with E-state index in [-0.39, 0.29) is 23.3 Å². The molecule has 0 aliphatic carbocycles. The van der Waals surface area contributed by atoms with Crippen molar-refractivity contribution < 1.29 is 14.3 Å². The number of nitrogens with zero attached hydrogens (tertiary/aromatic N) is 3. The summed E-state index contributed by atoms with van der Waals surface area (Å²) in [4.78, 5) is 32.0. The van der Waals surface area contributed by atoms with Crippen LogP contribution in [0.1, 0.15) is 40.0 Å². The number of rotatable bonds is 9. The Balaban J connectivity index is 1.86. The molecule has 0 radical (unpaired) electrons. The molecule has 2 heterocycles. The zero-order chi connectivity index (χ0) is 20.6. The lowest BCUT2D eigenvalue weighted by molar-refractivity contribution is 0.0749. The molecule has 0 atom stereocenters. The van der Waals surface area contributed by atoms with Crippen LogP contribution in [0.15, 0.2) is 54.7 Å². The maximum Gasteiger partial charge on any atom is 0.287 e. The molecule has 7 heteroatoms. The molecular formula is C22H26N4O3. The van der Waals surface area contributed by atoms with Crippen LogP contribution in [0.5, 0.6) is 0 Å². The third-order valence-corrected chi connectivity index (χ3v) is 4.65. The van der Waals surface area contributed by atoms with Gasteiger partial charge in [-0.05, 0) is 31.0 Å². The van der Waals surface area contributed by atoms with E-state index in [1.165, 1.54) is 0 Å². The summed E-state index contributed by atoms with van der Waals surface area (Å²) in [7, 11) is 1.62. The highest BCUT2D eigenvalue weighted by Crippen LogP contribution is 2.17. The minimum Gasteiger partial charge on any atom is -0.385 e. The highest BCUT2D eigenvalue weighted by Gasteiger charge is 2.24. The average molecular weight is 394 g/mol. The zero-order valence-electron chi connectivity index (χ0n) is 16.8. The van der Waals surface area contributed by atoms with Gasteiger partial charge in [0.05, 0.1) is 5.52 Å². The average Bonchev–Trinajstić information content (AvgIpc) is 3.15. The number of pyridine rings is 1. The van der Waals surface area contributed by atoms with Crippen LogP contribution in [-0.4, -0.2) is 52.9 Å². The summed E-state index contributed by atoms with van der Waals surface area (Å²) >= 11 is 0. The van der Waals surface area contributed by atoms with Gasteiger partial charge < -0.3 is 15.0 Å². The summed E-state index contributed by atoms with van der Waals surface area (Å²) in [6.45, 7) is 4.01. The third-order valence-electron chi connectivity index (χ3n) is 4.65. The number of benzene rings is 1. The number of imidazole rings is 1. The number of aromatic nitrogens is 2. The second-order valence-corrected chi connectivity index (χ2v) is 6.65. The summed E-state index contributed by atoms with van der Waals surface area (Å²) in [5, 5.41) is 2.83. The van der Waals surface area contributed by atoms with Gasteiger partial charge in [0.1, 0.15) is 0 Å². The molecule has 1 aromatic carbocycles. The van der Waals surface area contributed by atoms with Crippen molar-refractivity contribution in [2.24, 2.45) is 0 Å². The van der Waals surface area contributed by atoms with Crippen LogP contribution >= 0.6 is 0 Å². The predicted molar refractivity (Wildman–Crippen MR) is 111 cm³/mol. The molecule has 2 amide bonds. The molecule has 7 nitrogen and oxygen atoms in total. The fourth-order valence-electron chi connectivity index (χ4n) is 3.13. The molecule has 3 aromatic rings. The Labute approximate surface area is 170 Å². The molecule has 0 bridgehead atoms. The van der Waals surface area contributed by atoms with Gasteiger partial charge in [0, 0.05) is 39.5 Å². The number of nitrogens with one attached hydrogen (secondary N) is 1. The van der Waals surface area contributed by atoms with Crippen LogP contribution in [-0.2, 0) is 11.3 Å². The van der Waals surface area contributed by atoms with Gasteiger partial charge in [-0.3, -0.25) is 14.0 Å². The maximum atomic E-state index is 13.2. The van der Waals surface area contributed by atoms with E-state index in [1.807, 2.05) is 49.4 Å². The van der Waals surface area contributed by atoms with Crippen LogP contribution in [0.25, 0.3) is 5.52 Å². The number of carbonyl (C=O) groups is 2. The lowest BCUT2D eigenvalue weighted by atomic mass is 10.2. The van der Waals surface area contributed by atoms with Crippen molar-refractivity contribution in [1.29, 1.82) is 0 Å². The Morgan fingerprint density at radius 3 is 2.62 bits per heavy atom. The Morgan fingerprint density at radius 2 is 1.90 bits per heavy atom. The zero-order valence-corrected chi connectivity index (χ0v) is 16.8. The van der Waals surface area contributed by atoms with Crippen molar-refractivity contribution in [3.63, 3.8) is 0 Å². The van der Waals surface area contributed by atoms with E-state index in [2.05, 4.69) is 10.3 Å². The summed E-state index contributed by atoms with van der Waals surface area (Å²) < 4.78 is 6.66. The van der Waals surface area contributed by atoms with Gasteiger partial charge in [0.15, 0.2) is 5.69 Å². The quantitative estimate of drug-likeness (QED) is 0.566. The first-order chi connectivity index (χ1) is 14.2. The van der Waals surface area contributed by atoms with Gasteiger partial charge in [0.2, 0.25) is 5.82 Å². The van der Waals surface area contributed by atoms with E-state index < -0.39 is 0 Å². The summed E-state index contributed by atoms with van der Waals surface area (Å²) in [6.07, 6.45) is 2.45. The summed E-state index contributed by atoms with van der Waals surface area (Å²) in [5.41, 5.74) is 1.94. The summed E-state index contributed by atoms with van der Waals surface area (Å²) in [6, 6.07) is 15.3. The van der Waals surface area contributed by atoms with Crippen LogP contribution in [0.4, 0.5) is 0 Å². The molecule has 0 spiro atoms. The van der Waals surface area contributed by atoms with Gasteiger partial charge in [0.25, 0.3) is 11.8 Å². The Morgan fingerprint density at radius 1 is 1.14 bits per heavy atom. The number of ether oxygens (including phenoxy) is 1. The third kappa shape index (κ3) is 4.81. The molecule has 3 rings (SSSR count). The highest BCUT2D eigenvalue weighted by molar-refractivity contribution is 6.02. The summed E-state index contributed by atoms with van der Waals surface area (Å²) in [5.74, 6) is -0.303. The fraction of sp³-hybridized carbons (Fsp3) is 0.318. The molecule has 0 aliphatic heterocycles. The highest BCUT2D eigenvalue weighted by atomic mass is 16.5. The lowest BCUT2D eigenvalue weighted by Crippen LogP contribution is -2.31. The molecule has 1 N–H and O–H groups in total. The van der Waals surface area contributed by atoms with Gasteiger partial charge in [-0.1, -0.05) is 36.4 Å². The largest absolute Gasteiger partial charge is 0.385 e. The Bertz CT molecular complexity index is 969.